The van der Waals surface area contributed by atoms with Crippen LogP contribution in [-0.4, -0.2) is 35.6 Å². The summed E-state index contributed by atoms with van der Waals surface area (Å²) in [6.45, 7) is 0. The molecule has 0 saturated carbocycles. The first-order chi connectivity index (χ1) is 13.0. The van der Waals surface area contributed by atoms with E-state index in [0.29, 0.717) is 37.2 Å². The number of aliphatic hydroxyl groups is 2. The van der Waals surface area contributed by atoms with E-state index >= 15 is 0 Å². The van der Waals surface area contributed by atoms with Gasteiger partial charge in [-0.25, -0.2) is 0 Å². The van der Waals surface area contributed by atoms with Gasteiger partial charge in [0.25, 0.3) is 0 Å². The summed E-state index contributed by atoms with van der Waals surface area (Å²) in [4.78, 5) is 0. The summed E-state index contributed by atoms with van der Waals surface area (Å²) in [5.74, 6) is 0.740. The summed E-state index contributed by atoms with van der Waals surface area (Å²) in [6.07, 6.45) is 4.61. The van der Waals surface area contributed by atoms with Crippen molar-refractivity contribution in [3.05, 3.63) is 58.7 Å². The van der Waals surface area contributed by atoms with Gasteiger partial charge in [-0.05, 0) is 30.0 Å². The third kappa shape index (κ3) is 4.26. The number of aromatic hydroxyl groups is 1. The van der Waals surface area contributed by atoms with E-state index < -0.39 is 12.2 Å². The van der Waals surface area contributed by atoms with Crippen molar-refractivity contribution in [2.24, 2.45) is 0 Å². The van der Waals surface area contributed by atoms with E-state index in [4.69, 9.17) is 9.47 Å². The normalized spacial score (nSPS) is 21.2. The molecule has 2 aromatic carbocycles. The van der Waals surface area contributed by atoms with Crippen LogP contribution in [-0.2, 0) is 6.42 Å². The van der Waals surface area contributed by atoms with Gasteiger partial charge in [-0.1, -0.05) is 36.4 Å². The maximum Gasteiger partial charge on any atom is 0.201 e. The van der Waals surface area contributed by atoms with Crippen LogP contribution < -0.4 is 9.47 Å². The fourth-order valence-corrected chi connectivity index (χ4v) is 3.50. The molecular formula is C22H26O5. The molecule has 27 heavy (non-hydrogen) atoms. The molecule has 0 heterocycles. The molecule has 5 nitrogen and oxygen atoms in total. The van der Waals surface area contributed by atoms with E-state index in [-0.39, 0.29) is 5.75 Å². The number of methoxy groups -OCH3 is 2. The molecule has 0 unspecified atom stereocenters. The maximum absolute atomic E-state index is 10.6. The lowest BCUT2D eigenvalue weighted by molar-refractivity contribution is 0.0761. The highest BCUT2D eigenvalue weighted by Crippen LogP contribution is 2.43. The van der Waals surface area contributed by atoms with Crippen LogP contribution in [0.2, 0.25) is 0 Å². The second-order valence-corrected chi connectivity index (χ2v) is 6.84. The summed E-state index contributed by atoms with van der Waals surface area (Å²) in [7, 11) is 3.04. The molecule has 4 rings (SSSR count). The average molecular weight is 370 g/mol. The molecule has 0 aromatic heterocycles. The molecule has 4 bridgehead atoms. The zero-order valence-electron chi connectivity index (χ0n) is 15.7. The summed E-state index contributed by atoms with van der Waals surface area (Å²) in [5, 5.41) is 31.1. The number of allylic oxidation sites excluding steroid dienone is 1. The number of benzene rings is 2. The molecule has 144 valence electrons. The van der Waals surface area contributed by atoms with E-state index in [2.05, 4.69) is 0 Å². The van der Waals surface area contributed by atoms with Crippen LogP contribution in [0.5, 0.6) is 17.2 Å². The van der Waals surface area contributed by atoms with Crippen molar-refractivity contribution in [1.82, 2.24) is 0 Å². The van der Waals surface area contributed by atoms with Crippen molar-refractivity contribution < 1.29 is 24.8 Å². The SMILES string of the molecule is COc1c2cc(c(OC)c1O)Cc1ccc(cc1)[C@@H](O)C[C@@H](O)CC/C=C\2. The van der Waals surface area contributed by atoms with Crippen molar-refractivity contribution in [3.63, 3.8) is 0 Å². The van der Waals surface area contributed by atoms with Gasteiger partial charge in [0.2, 0.25) is 5.75 Å². The average Bonchev–Trinajstić information content (AvgIpc) is 2.66. The van der Waals surface area contributed by atoms with Crippen LogP contribution in [0.3, 0.4) is 0 Å². The summed E-state index contributed by atoms with van der Waals surface area (Å²) in [5.41, 5.74) is 3.41. The Morgan fingerprint density at radius 2 is 1.70 bits per heavy atom. The van der Waals surface area contributed by atoms with E-state index in [1.54, 1.807) is 0 Å². The number of hydrogen-bond donors (Lipinski definition) is 3. The quantitative estimate of drug-likeness (QED) is 0.753. The standard InChI is InChI=1S/C22H26O5/c1-26-21-16-5-3-4-6-18(23)13-19(24)15-9-7-14(8-10-15)11-17(12-16)22(27-2)20(21)25/h3,5,7-10,12,18-19,23-25H,4,6,11,13H2,1-2H3/b5-3-/t18-,19-/m0/s1. The molecule has 0 saturated heterocycles. The van der Waals surface area contributed by atoms with Crippen molar-refractivity contribution in [3.8, 4) is 17.2 Å². The zero-order chi connectivity index (χ0) is 19.4. The molecule has 0 radical (unpaired) electrons. The number of phenolic OH excluding ortho intramolecular Hbond substituents is 1. The highest BCUT2D eigenvalue weighted by molar-refractivity contribution is 5.69. The first-order valence-electron chi connectivity index (χ1n) is 9.11. The molecule has 2 aromatic rings. The summed E-state index contributed by atoms with van der Waals surface area (Å²) >= 11 is 0. The van der Waals surface area contributed by atoms with Crippen molar-refractivity contribution >= 4 is 6.08 Å². The highest BCUT2D eigenvalue weighted by Gasteiger charge is 2.19. The lowest BCUT2D eigenvalue weighted by atomic mass is 9.97. The molecule has 0 fully saturated rings. The Morgan fingerprint density at radius 1 is 1.00 bits per heavy atom. The molecule has 3 N–H and O–H groups in total. The molecule has 0 amide bonds. The van der Waals surface area contributed by atoms with Crippen molar-refractivity contribution in [2.75, 3.05) is 14.2 Å². The Morgan fingerprint density at radius 3 is 2.37 bits per heavy atom. The Labute approximate surface area is 159 Å². The molecular weight excluding hydrogens is 344 g/mol. The Bertz CT molecular complexity index is 810. The lowest BCUT2D eigenvalue weighted by Crippen LogP contribution is -2.12. The van der Waals surface area contributed by atoms with E-state index in [0.717, 1.165) is 22.3 Å². The maximum atomic E-state index is 10.6. The monoisotopic (exact) mass is 370 g/mol. The molecule has 2 aliphatic carbocycles. The zero-order valence-corrected chi connectivity index (χ0v) is 15.7. The van der Waals surface area contributed by atoms with Gasteiger partial charge in [0.05, 0.1) is 26.4 Å². The third-order valence-corrected chi connectivity index (χ3v) is 4.94. The van der Waals surface area contributed by atoms with Crippen molar-refractivity contribution in [1.29, 1.82) is 0 Å². The van der Waals surface area contributed by atoms with Gasteiger partial charge in [0, 0.05) is 24.0 Å². The topological polar surface area (TPSA) is 79.2 Å². The number of fused-ring (bicyclic) bond motifs is 7. The van der Waals surface area contributed by atoms with Crippen LogP contribution in [0, 0.1) is 0 Å². The number of hydrogen-bond acceptors (Lipinski definition) is 5. The van der Waals surface area contributed by atoms with E-state index in [1.807, 2.05) is 42.5 Å². The number of aliphatic hydroxyl groups excluding tert-OH is 2. The molecule has 0 spiro atoms. The minimum Gasteiger partial charge on any atom is -0.502 e. The van der Waals surface area contributed by atoms with Gasteiger partial charge in [0.1, 0.15) is 0 Å². The van der Waals surface area contributed by atoms with Gasteiger partial charge in [-0.3, -0.25) is 0 Å². The van der Waals surface area contributed by atoms with Gasteiger partial charge >= 0.3 is 0 Å². The van der Waals surface area contributed by atoms with Gasteiger partial charge in [0.15, 0.2) is 11.5 Å². The summed E-state index contributed by atoms with van der Waals surface area (Å²) < 4.78 is 10.8. The van der Waals surface area contributed by atoms with Gasteiger partial charge < -0.3 is 24.8 Å². The predicted molar refractivity (Wildman–Crippen MR) is 104 cm³/mol. The van der Waals surface area contributed by atoms with Gasteiger partial charge in [-0.15, -0.1) is 0 Å². The second kappa shape index (κ2) is 8.46. The first kappa shape index (κ1) is 19.3. The minimum absolute atomic E-state index is 0.0199. The first-order valence-corrected chi connectivity index (χ1v) is 9.11. The van der Waals surface area contributed by atoms with Crippen LogP contribution in [0.25, 0.3) is 6.08 Å². The predicted octanol–water partition coefficient (Wildman–Crippen LogP) is 3.59. The Hall–Kier alpha value is -2.50. The number of phenols is 1. The Kier molecular flexibility index (Phi) is 6.04. The van der Waals surface area contributed by atoms with Gasteiger partial charge in [-0.2, -0.15) is 0 Å². The van der Waals surface area contributed by atoms with E-state index in [9.17, 15) is 15.3 Å². The van der Waals surface area contributed by atoms with E-state index in [1.165, 1.54) is 14.2 Å². The third-order valence-electron chi connectivity index (χ3n) is 4.94. The fraction of sp³-hybridized carbons (Fsp3) is 0.364. The Balaban J connectivity index is 2.09. The minimum atomic E-state index is -0.692. The lowest BCUT2D eigenvalue weighted by Gasteiger charge is -2.16. The molecule has 2 atom stereocenters. The molecule has 5 heteroatoms. The number of ether oxygens (including phenoxy) is 2. The van der Waals surface area contributed by atoms with Crippen molar-refractivity contribution in [2.45, 2.75) is 37.9 Å². The smallest absolute Gasteiger partial charge is 0.201 e. The van der Waals surface area contributed by atoms with Crippen LogP contribution >= 0.6 is 0 Å². The summed E-state index contributed by atoms with van der Waals surface area (Å²) in [6, 6.07) is 9.59. The highest BCUT2D eigenvalue weighted by atomic mass is 16.5. The van der Waals surface area contributed by atoms with Crippen LogP contribution in [0.4, 0.5) is 0 Å². The largest absolute Gasteiger partial charge is 0.502 e. The molecule has 0 aliphatic heterocycles. The molecule has 2 aliphatic rings. The van der Waals surface area contributed by atoms with Crippen LogP contribution in [0.15, 0.2) is 36.4 Å². The fourth-order valence-electron chi connectivity index (χ4n) is 3.50. The van der Waals surface area contributed by atoms with Crippen LogP contribution in [0.1, 0.15) is 47.6 Å². The number of rotatable bonds is 2. The second-order valence-electron chi connectivity index (χ2n) is 6.84.